The Morgan fingerprint density at radius 3 is 2.30 bits per heavy atom. The second-order valence-corrected chi connectivity index (χ2v) is 6.66. The summed E-state index contributed by atoms with van der Waals surface area (Å²) >= 11 is 0. The van der Waals surface area contributed by atoms with Crippen molar-refractivity contribution < 1.29 is 4.79 Å². The average molecular weight is 359 g/mol. The summed E-state index contributed by atoms with van der Waals surface area (Å²) in [5.74, 6) is 0.0775. The Morgan fingerprint density at radius 2 is 1.59 bits per heavy atom. The molecule has 1 fully saturated rings. The molecule has 0 radical (unpaired) electrons. The lowest BCUT2D eigenvalue weighted by Gasteiger charge is -2.27. The molecule has 27 heavy (non-hydrogen) atoms. The molecule has 136 valence electrons. The van der Waals surface area contributed by atoms with Gasteiger partial charge in [0, 0.05) is 55.3 Å². The molecule has 1 N–H and O–H groups in total. The summed E-state index contributed by atoms with van der Waals surface area (Å²) in [6.07, 6.45) is 7.08. The number of hydrogen-bond donors (Lipinski definition) is 1. The Labute approximate surface area is 158 Å². The highest BCUT2D eigenvalue weighted by Gasteiger charge is 2.17. The van der Waals surface area contributed by atoms with E-state index >= 15 is 0 Å². The minimum absolute atomic E-state index is 0.0775. The van der Waals surface area contributed by atoms with Crippen LogP contribution in [0.25, 0.3) is 22.5 Å². The molecular formula is C21H21N5O. The van der Waals surface area contributed by atoms with Crippen molar-refractivity contribution in [2.24, 2.45) is 0 Å². The lowest BCUT2D eigenvalue weighted by molar-refractivity contribution is 0.0736. The van der Waals surface area contributed by atoms with E-state index in [0.717, 1.165) is 54.3 Å². The summed E-state index contributed by atoms with van der Waals surface area (Å²) in [5.41, 5.74) is 5.21. The lowest BCUT2D eigenvalue weighted by atomic mass is 10.1. The minimum Gasteiger partial charge on any atom is -0.336 e. The number of rotatable bonds is 3. The van der Waals surface area contributed by atoms with E-state index in [1.807, 2.05) is 48.4 Å². The van der Waals surface area contributed by atoms with Crippen LogP contribution in [0.5, 0.6) is 0 Å². The average Bonchev–Trinajstić information content (AvgIpc) is 2.74. The van der Waals surface area contributed by atoms with Crippen molar-refractivity contribution in [3.63, 3.8) is 0 Å². The summed E-state index contributed by atoms with van der Waals surface area (Å²) in [6.45, 7) is 5.19. The van der Waals surface area contributed by atoms with Crippen LogP contribution in [0.4, 0.5) is 0 Å². The van der Waals surface area contributed by atoms with Crippen molar-refractivity contribution in [3.8, 4) is 22.5 Å². The highest BCUT2D eigenvalue weighted by molar-refractivity contribution is 5.94. The number of amides is 1. The van der Waals surface area contributed by atoms with Crippen molar-refractivity contribution >= 4 is 5.91 Å². The van der Waals surface area contributed by atoms with Gasteiger partial charge in [0.15, 0.2) is 0 Å². The lowest BCUT2D eigenvalue weighted by Crippen LogP contribution is -2.46. The number of nitrogens with zero attached hydrogens (tertiary/aromatic N) is 4. The molecule has 6 nitrogen and oxygen atoms in total. The second-order valence-electron chi connectivity index (χ2n) is 6.66. The Morgan fingerprint density at radius 1 is 0.926 bits per heavy atom. The Kier molecular flexibility index (Phi) is 4.89. The normalized spacial score (nSPS) is 14.2. The van der Waals surface area contributed by atoms with Crippen LogP contribution in [0.1, 0.15) is 15.9 Å². The Balaban J connectivity index is 1.57. The zero-order valence-electron chi connectivity index (χ0n) is 15.2. The second kappa shape index (κ2) is 7.63. The van der Waals surface area contributed by atoms with Crippen molar-refractivity contribution in [2.45, 2.75) is 6.92 Å². The van der Waals surface area contributed by atoms with Gasteiger partial charge in [-0.15, -0.1) is 0 Å². The summed E-state index contributed by atoms with van der Waals surface area (Å²) in [7, 11) is 0. The van der Waals surface area contributed by atoms with Crippen LogP contribution in [-0.2, 0) is 0 Å². The van der Waals surface area contributed by atoms with E-state index in [4.69, 9.17) is 4.98 Å². The van der Waals surface area contributed by atoms with Gasteiger partial charge < -0.3 is 10.2 Å². The third-order valence-corrected chi connectivity index (χ3v) is 4.64. The van der Waals surface area contributed by atoms with E-state index in [0.29, 0.717) is 5.56 Å². The monoisotopic (exact) mass is 359 g/mol. The molecule has 0 unspecified atom stereocenters. The van der Waals surface area contributed by atoms with Gasteiger partial charge in [-0.3, -0.25) is 14.8 Å². The molecule has 3 heterocycles. The molecular weight excluding hydrogens is 338 g/mol. The first-order valence-electron chi connectivity index (χ1n) is 9.05. The van der Waals surface area contributed by atoms with Gasteiger partial charge in [-0.25, -0.2) is 4.98 Å². The topological polar surface area (TPSA) is 71.0 Å². The maximum atomic E-state index is 12.6. The molecule has 1 saturated heterocycles. The third-order valence-electron chi connectivity index (χ3n) is 4.64. The molecule has 0 atom stereocenters. The summed E-state index contributed by atoms with van der Waals surface area (Å²) in [5, 5.41) is 3.26. The van der Waals surface area contributed by atoms with E-state index in [2.05, 4.69) is 15.3 Å². The number of hydrogen-bond acceptors (Lipinski definition) is 5. The van der Waals surface area contributed by atoms with Crippen LogP contribution in [0.15, 0.2) is 55.1 Å². The standard InChI is InChI=1S/C21H21N5O/c1-15-10-18(12-23-11-15)20-14-24-13-19(25-20)16-2-4-17(5-3-16)21(27)26-8-6-22-7-9-26/h2-5,10-14,22H,6-9H2,1H3. The predicted molar refractivity (Wildman–Crippen MR) is 104 cm³/mol. The molecule has 4 rings (SSSR count). The Bertz CT molecular complexity index is 949. The fourth-order valence-electron chi connectivity index (χ4n) is 3.17. The summed E-state index contributed by atoms with van der Waals surface area (Å²) < 4.78 is 0. The number of benzene rings is 1. The van der Waals surface area contributed by atoms with Gasteiger partial charge >= 0.3 is 0 Å². The predicted octanol–water partition coefficient (Wildman–Crippen LogP) is 2.56. The van der Waals surface area contributed by atoms with Crippen molar-refractivity contribution in [3.05, 3.63) is 66.2 Å². The number of piperazine rings is 1. The molecule has 2 aromatic heterocycles. The number of nitrogens with one attached hydrogen (secondary N) is 1. The maximum absolute atomic E-state index is 12.6. The third kappa shape index (κ3) is 3.85. The number of carbonyl (C=O) groups excluding carboxylic acids is 1. The van der Waals surface area contributed by atoms with Gasteiger partial charge in [-0.05, 0) is 30.7 Å². The molecule has 6 heteroatoms. The molecule has 0 aliphatic carbocycles. The van der Waals surface area contributed by atoms with Crippen LogP contribution in [0, 0.1) is 6.92 Å². The van der Waals surface area contributed by atoms with Gasteiger partial charge in [0.05, 0.1) is 23.8 Å². The van der Waals surface area contributed by atoms with Crippen molar-refractivity contribution in [1.82, 2.24) is 25.2 Å². The molecule has 0 bridgehead atoms. The molecule has 1 aliphatic heterocycles. The largest absolute Gasteiger partial charge is 0.336 e. The molecule has 0 spiro atoms. The number of aryl methyl sites for hydroxylation is 1. The molecule has 1 aromatic carbocycles. The SMILES string of the molecule is Cc1cncc(-c2cncc(-c3ccc(C(=O)N4CCNCC4)cc3)n2)c1. The van der Waals surface area contributed by atoms with Gasteiger partial charge in [-0.2, -0.15) is 0 Å². The van der Waals surface area contributed by atoms with E-state index < -0.39 is 0 Å². The zero-order chi connectivity index (χ0) is 18.6. The highest BCUT2D eigenvalue weighted by Crippen LogP contribution is 2.22. The molecule has 0 saturated carbocycles. The molecule has 1 aliphatic rings. The fraction of sp³-hybridized carbons (Fsp3) is 0.238. The van der Waals surface area contributed by atoms with Gasteiger partial charge in [-0.1, -0.05) is 12.1 Å². The fourth-order valence-corrected chi connectivity index (χ4v) is 3.17. The smallest absolute Gasteiger partial charge is 0.253 e. The van der Waals surface area contributed by atoms with E-state index in [1.54, 1.807) is 18.6 Å². The first kappa shape index (κ1) is 17.3. The van der Waals surface area contributed by atoms with Crippen LogP contribution < -0.4 is 5.32 Å². The van der Waals surface area contributed by atoms with Crippen LogP contribution in [0.2, 0.25) is 0 Å². The highest BCUT2D eigenvalue weighted by atomic mass is 16.2. The first-order chi connectivity index (χ1) is 13.2. The van der Waals surface area contributed by atoms with Crippen molar-refractivity contribution in [2.75, 3.05) is 26.2 Å². The quantitative estimate of drug-likeness (QED) is 0.778. The van der Waals surface area contributed by atoms with E-state index in [9.17, 15) is 4.79 Å². The Hall–Kier alpha value is -3.12. The first-order valence-corrected chi connectivity index (χ1v) is 9.05. The number of carbonyl (C=O) groups is 1. The number of aromatic nitrogens is 3. The van der Waals surface area contributed by atoms with Crippen LogP contribution in [-0.4, -0.2) is 51.9 Å². The molecule has 1 amide bonds. The van der Waals surface area contributed by atoms with E-state index in [-0.39, 0.29) is 5.91 Å². The molecule has 3 aromatic rings. The van der Waals surface area contributed by atoms with Gasteiger partial charge in [0.2, 0.25) is 0 Å². The summed E-state index contributed by atoms with van der Waals surface area (Å²) in [6, 6.07) is 9.62. The minimum atomic E-state index is 0.0775. The van der Waals surface area contributed by atoms with Crippen molar-refractivity contribution in [1.29, 1.82) is 0 Å². The maximum Gasteiger partial charge on any atom is 0.253 e. The van der Waals surface area contributed by atoms with Crippen LogP contribution >= 0.6 is 0 Å². The number of pyridine rings is 1. The zero-order valence-corrected chi connectivity index (χ0v) is 15.2. The van der Waals surface area contributed by atoms with Gasteiger partial charge in [0.1, 0.15) is 0 Å². The van der Waals surface area contributed by atoms with Gasteiger partial charge in [0.25, 0.3) is 5.91 Å². The summed E-state index contributed by atoms with van der Waals surface area (Å²) in [4.78, 5) is 27.7. The van der Waals surface area contributed by atoms with Crippen LogP contribution in [0.3, 0.4) is 0 Å². The van der Waals surface area contributed by atoms with E-state index in [1.165, 1.54) is 0 Å².